The molecule has 16 heavy (non-hydrogen) atoms. The van der Waals surface area contributed by atoms with Gasteiger partial charge < -0.3 is 5.11 Å². The van der Waals surface area contributed by atoms with Gasteiger partial charge in [0.1, 0.15) is 5.78 Å². The number of carbonyl (C=O) groups is 1. The molecule has 0 bridgehead atoms. The first-order valence-electron chi connectivity index (χ1n) is 5.96. The number of carbonyl (C=O) groups excluding carboxylic acids is 1. The minimum absolute atomic E-state index is 0.184. The highest BCUT2D eigenvalue weighted by Crippen LogP contribution is 2.32. The van der Waals surface area contributed by atoms with Gasteiger partial charge in [0.05, 0.1) is 6.10 Å². The molecule has 1 N–H and O–H groups in total. The Hall–Kier alpha value is -1.15. The van der Waals surface area contributed by atoms with Crippen LogP contribution in [-0.2, 0) is 4.79 Å². The summed E-state index contributed by atoms with van der Waals surface area (Å²) in [6.45, 7) is 2.02. The summed E-state index contributed by atoms with van der Waals surface area (Å²) < 4.78 is 0. The van der Waals surface area contributed by atoms with Gasteiger partial charge in [-0.1, -0.05) is 36.2 Å². The molecule has 0 heterocycles. The number of aryl methyl sites for hydroxylation is 1. The van der Waals surface area contributed by atoms with Crippen LogP contribution in [0.2, 0.25) is 0 Å². The van der Waals surface area contributed by atoms with E-state index in [9.17, 15) is 9.90 Å². The van der Waals surface area contributed by atoms with Gasteiger partial charge in [-0.2, -0.15) is 0 Å². The van der Waals surface area contributed by atoms with Crippen LogP contribution in [0.4, 0.5) is 0 Å². The number of aliphatic hydroxyl groups excluding tert-OH is 1. The van der Waals surface area contributed by atoms with Crippen LogP contribution in [0.25, 0.3) is 0 Å². The lowest BCUT2D eigenvalue weighted by Crippen LogP contribution is -2.25. The third-order valence-electron chi connectivity index (χ3n) is 3.40. The van der Waals surface area contributed by atoms with E-state index in [0.717, 1.165) is 24.8 Å². The molecule has 1 fully saturated rings. The van der Waals surface area contributed by atoms with Gasteiger partial charge in [0.15, 0.2) is 0 Å². The van der Waals surface area contributed by atoms with E-state index in [1.807, 2.05) is 31.2 Å². The van der Waals surface area contributed by atoms with Gasteiger partial charge in [-0.25, -0.2) is 0 Å². The van der Waals surface area contributed by atoms with Gasteiger partial charge in [0.25, 0.3) is 0 Å². The van der Waals surface area contributed by atoms with Crippen LogP contribution in [0.3, 0.4) is 0 Å². The zero-order chi connectivity index (χ0) is 11.5. The van der Waals surface area contributed by atoms with Gasteiger partial charge in [-0.15, -0.1) is 0 Å². The summed E-state index contributed by atoms with van der Waals surface area (Å²) in [4.78, 5) is 11.7. The minimum atomic E-state index is -0.617. The fourth-order valence-electron chi connectivity index (χ4n) is 2.34. The van der Waals surface area contributed by atoms with E-state index in [-0.39, 0.29) is 11.7 Å². The van der Waals surface area contributed by atoms with Crippen molar-refractivity contribution in [3.8, 4) is 0 Å². The molecular weight excluding hydrogens is 200 g/mol. The van der Waals surface area contributed by atoms with E-state index in [1.54, 1.807) is 0 Å². The number of hydrogen-bond acceptors (Lipinski definition) is 2. The zero-order valence-corrected chi connectivity index (χ0v) is 9.65. The average Bonchev–Trinajstić information content (AvgIpc) is 2.30. The number of aliphatic hydroxyl groups is 1. The first-order chi connectivity index (χ1) is 7.68. The molecular formula is C14H18O2. The SMILES string of the molecule is Cc1ccc([C@H](O)C2CCCCC2=O)cc1. The summed E-state index contributed by atoms with van der Waals surface area (Å²) in [5.41, 5.74) is 2.04. The summed E-state index contributed by atoms with van der Waals surface area (Å²) in [5.74, 6) is 0.0378. The van der Waals surface area contributed by atoms with Crippen molar-refractivity contribution in [3.63, 3.8) is 0 Å². The molecule has 0 spiro atoms. The number of ketones is 1. The normalized spacial score (nSPS) is 23.1. The second-order valence-electron chi connectivity index (χ2n) is 4.67. The van der Waals surface area contributed by atoms with Crippen molar-refractivity contribution >= 4 is 5.78 Å². The Kier molecular flexibility index (Phi) is 3.39. The summed E-state index contributed by atoms with van der Waals surface area (Å²) in [5, 5.41) is 10.2. The molecule has 2 heteroatoms. The van der Waals surface area contributed by atoms with Crippen molar-refractivity contribution in [3.05, 3.63) is 35.4 Å². The van der Waals surface area contributed by atoms with Crippen LogP contribution < -0.4 is 0 Å². The van der Waals surface area contributed by atoms with Gasteiger partial charge in [0.2, 0.25) is 0 Å². The standard InChI is InChI=1S/C14H18O2/c1-10-6-8-11(9-7-10)14(16)12-4-2-3-5-13(12)15/h6-9,12,14,16H,2-5H2,1H3/t12?,14-/m0/s1. The molecule has 1 aromatic rings. The van der Waals surface area contributed by atoms with E-state index in [2.05, 4.69) is 0 Å². The molecule has 0 amide bonds. The lowest BCUT2D eigenvalue weighted by atomic mass is 9.81. The maximum Gasteiger partial charge on any atom is 0.138 e. The van der Waals surface area contributed by atoms with E-state index < -0.39 is 6.10 Å². The summed E-state index contributed by atoms with van der Waals surface area (Å²) in [6, 6.07) is 7.79. The largest absolute Gasteiger partial charge is 0.388 e. The van der Waals surface area contributed by atoms with Crippen LogP contribution >= 0.6 is 0 Å². The Balaban J connectivity index is 2.14. The number of Topliss-reactive ketones (excluding diaryl/α,β-unsaturated/α-hetero) is 1. The molecule has 2 nitrogen and oxygen atoms in total. The maximum absolute atomic E-state index is 11.7. The van der Waals surface area contributed by atoms with Crippen molar-refractivity contribution in [1.29, 1.82) is 0 Å². The van der Waals surface area contributed by atoms with Crippen LogP contribution in [0.15, 0.2) is 24.3 Å². The Morgan fingerprint density at radius 3 is 2.56 bits per heavy atom. The Morgan fingerprint density at radius 1 is 1.25 bits per heavy atom. The van der Waals surface area contributed by atoms with Gasteiger partial charge in [0, 0.05) is 12.3 Å². The van der Waals surface area contributed by atoms with Crippen molar-refractivity contribution in [2.45, 2.75) is 38.7 Å². The van der Waals surface area contributed by atoms with Crippen molar-refractivity contribution in [1.82, 2.24) is 0 Å². The third-order valence-corrected chi connectivity index (χ3v) is 3.40. The number of rotatable bonds is 2. The van der Waals surface area contributed by atoms with E-state index in [4.69, 9.17) is 0 Å². The van der Waals surface area contributed by atoms with E-state index >= 15 is 0 Å². The second kappa shape index (κ2) is 4.79. The first-order valence-corrected chi connectivity index (χ1v) is 5.96. The molecule has 1 saturated carbocycles. The second-order valence-corrected chi connectivity index (χ2v) is 4.67. The number of hydrogen-bond donors (Lipinski definition) is 1. The van der Waals surface area contributed by atoms with E-state index in [0.29, 0.717) is 6.42 Å². The van der Waals surface area contributed by atoms with Crippen LogP contribution in [0, 0.1) is 12.8 Å². The molecule has 2 rings (SSSR count). The lowest BCUT2D eigenvalue weighted by Gasteiger charge is -2.25. The monoisotopic (exact) mass is 218 g/mol. The van der Waals surface area contributed by atoms with Crippen LogP contribution in [0.5, 0.6) is 0 Å². The highest BCUT2D eigenvalue weighted by Gasteiger charge is 2.29. The quantitative estimate of drug-likeness (QED) is 0.828. The molecule has 1 aliphatic carbocycles. The molecule has 0 radical (unpaired) electrons. The summed E-state index contributed by atoms with van der Waals surface area (Å²) >= 11 is 0. The van der Waals surface area contributed by atoms with E-state index in [1.165, 1.54) is 5.56 Å². The van der Waals surface area contributed by atoms with Gasteiger partial charge in [-0.05, 0) is 25.3 Å². The Bertz CT molecular complexity index is 367. The molecule has 0 aliphatic heterocycles. The van der Waals surface area contributed by atoms with Crippen molar-refractivity contribution in [2.24, 2.45) is 5.92 Å². The predicted octanol–water partition coefficient (Wildman–Crippen LogP) is 2.79. The molecule has 0 aromatic heterocycles. The van der Waals surface area contributed by atoms with Gasteiger partial charge >= 0.3 is 0 Å². The molecule has 1 aromatic carbocycles. The molecule has 1 unspecified atom stereocenters. The minimum Gasteiger partial charge on any atom is -0.388 e. The predicted molar refractivity (Wildman–Crippen MR) is 63.1 cm³/mol. The molecule has 2 atom stereocenters. The number of benzene rings is 1. The first kappa shape index (κ1) is 11.3. The fourth-order valence-corrected chi connectivity index (χ4v) is 2.34. The van der Waals surface area contributed by atoms with Gasteiger partial charge in [-0.3, -0.25) is 4.79 Å². The van der Waals surface area contributed by atoms with Crippen molar-refractivity contribution < 1.29 is 9.90 Å². The topological polar surface area (TPSA) is 37.3 Å². The Morgan fingerprint density at radius 2 is 1.94 bits per heavy atom. The van der Waals surface area contributed by atoms with Crippen molar-refractivity contribution in [2.75, 3.05) is 0 Å². The van der Waals surface area contributed by atoms with Crippen LogP contribution in [-0.4, -0.2) is 10.9 Å². The third kappa shape index (κ3) is 2.33. The fraction of sp³-hybridized carbons (Fsp3) is 0.500. The molecule has 1 aliphatic rings. The smallest absolute Gasteiger partial charge is 0.138 e. The molecule has 0 saturated heterocycles. The summed E-state index contributed by atoms with van der Waals surface area (Å²) in [6.07, 6.45) is 2.88. The summed E-state index contributed by atoms with van der Waals surface area (Å²) in [7, 11) is 0. The molecule has 86 valence electrons. The highest BCUT2D eigenvalue weighted by molar-refractivity contribution is 5.82. The lowest BCUT2D eigenvalue weighted by molar-refractivity contribution is -0.128. The Labute approximate surface area is 96.3 Å². The van der Waals surface area contributed by atoms with Crippen LogP contribution in [0.1, 0.15) is 42.9 Å². The highest BCUT2D eigenvalue weighted by atomic mass is 16.3. The zero-order valence-electron chi connectivity index (χ0n) is 9.65. The maximum atomic E-state index is 11.7. The average molecular weight is 218 g/mol.